The van der Waals surface area contributed by atoms with Crippen molar-refractivity contribution in [3.05, 3.63) is 89.2 Å². The Balaban J connectivity index is 1.73. The molecule has 0 bridgehead atoms. The van der Waals surface area contributed by atoms with Crippen LogP contribution in [-0.2, 0) is 19.6 Å². The SMILES string of the molecule is CN(c1ccccc1)S(=O)(=O)c1ccc(Cl)c(C(=O)OCC(=O)Nc2cccc(F)c2)c1. The molecule has 3 aromatic carbocycles. The molecule has 0 radical (unpaired) electrons. The van der Waals surface area contributed by atoms with E-state index in [0.717, 1.165) is 16.4 Å². The number of esters is 1. The van der Waals surface area contributed by atoms with Gasteiger partial charge in [0.1, 0.15) is 5.82 Å². The van der Waals surface area contributed by atoms with Crippen molar-refractivity contribution in [2.24, 2.45) is 0 Å². The minimum atomic E-state index is -3.99. The summed E-state index contributed by atoms with van der Waals surface area (Å²) in [5, 5.41) is 2.34. The number of carbonyl (C=O) groups excluding carboxylic acids is 2. The van der Waals surface area contributed by atoms with Crippen LogP contribution in [0, 0.1) is 5.82 Å². The van der Waals surface area contributed by atoms with Crippen LogP contribution in [-0.4, -0.2) is 33.9 Å². The Morgan fingerprint density at radius 3 is 2.44 bits per heavy atom. The van der Waals surface area contributed by atoms with Gasteiger partial charge < -0.3 is 10.1 Å². The van der Waals surface area contributed by atoms with E-state index < -0.39 is 34.3 Å². The number of ether oxygens (including phenoxy) is 1. The number of para-hydroxylation sites is 1. The Morgan fingerprint density at radius 1 is 1.03 bits per heavy atom. The number of nitrogens with zero attached hydrogens (tertiary/aromatic N) is 1. The summed E-state index contributed by atoms with van der Waals surface area (Å²) in [6.45, 7) is -0.674. The van der Waals surface area contributed by atoms with E-state index in [1.54, 1.807) is 30.3 Å². The summed E-state index contributed by atoms with van der Waals surface area (Å²) in [5.41, 5.74) is 0.412. The topological polar surface area (TPSA) is 92.8 Å². The number of hydrogen-bond donors (Lipinski definition) is 1. The molecule has 0 aromatic heterocycles. The molecule has 0 aliphatic heterocycles. The van der Waals surface area contributed by atoms with E-state index in [0.29, 0.717) is 5.69 Å². The monoisotopic (exact) mass is 476 g/mol. The lowest BCUT2D eigenvalue weighted by molar-refractivity contribution is -0.119. The number of carbonyl (C=O) groups is 2. The van der Waals surface area contributed by atoms with Crippen molar-refractivity contribution in [1.29, 1.82) is 0 Å². The van der Waals surface area contributed by atoms with Crippen LogP contribution in [0.2, 0.25) is 5.02 Å². The second-order valence-corrected chi connectivity index (χ2v) is 8.96. The quantitative estimate of drug-likeness (QED) is 0.518. The number of hydrogen-bond acceptors (Lipinski definition) is 5. The first-order valence-electron chi connectivity index (χ1n) is 9.24. The third-order valence-electron chi connectivity index (χ3n) is 4.38. The molecule has 7 nitrogen and oxygen atoms in total. The zero-order chi connectivity index (χ0) is 23.3. The Kier molecular flexibility index (Phi) is 7.12. The molecule has 166 valence electrons. The molecular weight excluding hydrogens is 459 g/mol. The average molecular weight is 477 g/mol. The highest BCUT2D eigenvalue weighted by atomic mass is 35.5. The predicted molar refractivity (Wildman–Crippen MR) is 119 cm³/mol. The second-order valence-electron chi connectivity index (χ2n) is 6.58. The van der Waals surface area contributed by atoms with Gasteiger partial charge in [0, 0.05) is 12.7 Å². The highest BCUT2D eigenvalue weighted by Crippen LogP contribution is 2.26. The minimum Gasteiger partial charge on any atom is -0.452 e. The molecule has 32 heavy (non-hydrogen) atoms. The Bertz CT molecular complexity index is 1250. The molecule has 1 N–H and O–H groups in total. The van der Waals surface area contributed by atoms with Crippen LogP contribution in [0.4, 0.5) is 15.8 Å². The van der Waals surface area contributed by atoms with Gasteiger partial charge in [0.05, 0.1) is 21.2 Å². The molecule has 3 aromatic rings. The smallest absolute Gasteiger partial charge is 0.340 e. The summed E-state index contributed by atoms with van der Waals surface area (Å²) >= 11 is 6.05. The molecule has 0 spiro atoms. The van der Waals surface area contributed by atoms with Crippen molar-refractivity contribution in [3.8, 4) is 0 Å². The number of nitrogens with one attached hydrogen (secondary N) is 1. The van der Waals surface area contributed by atoms with Crippen LogP contribution < -0.4 is 9.62 Å². The van der Waals surface area contributed by atoms with E-state index in [1.165, 1.54) is 37.4 Å². The van der Waals surface area contributed by atoms with Gasteiger partial charge in [0.15, 0.2) is 6.61 Å². The van der Waals surface area contributed by atoms with E-state index in [-0.39, 0.29) is 21.2 Å². The first kappa shape index (κ1) is 23.2. The van der Waals surface area contributed by atoms with Gasteiger partial charge in [-0.2, -0.15) is 0 Å². The minimum absolute atomic E-state index is 0.0400. The zero-order valence-corrected chi connectivity index (χ0v) is 18.4. The van der Waals surface area contributed by atoms with E-state index >= 15 is 0 Å². The van der Waals surface area contributed by atoms with Crippen molar-refractivity contribution < 1.29 is 27.1 Å². The van der Waals surface area contributed by atoms with Crippen molar-refractivity contribution in [2.45, 2.75) is 4.90 Å². The van der Waals surface area contributed by atoms with Gasteiger partial charge in [-0.25, -0.2) is 17.6 Å². The number of rotatable bonds is 7. The van der Waals surface area contributed by atoms with E-state index in [9.17, 15) is 22.4 Å². The third kappa shape index (κ3) is 5.43. The van der Waals surface area contributed by atoms with Crippen LogP contribution in [0.1, 0.15) is 10.4 Å². The van der Waals surface area contributed by atoms with Gasteiger partial charge in [-0.15, -0.1) is 0 Å². The Labute approximate surface area is 189 Å². The Hall–Kier alpha value is -3.43. The molecule has 0 heterocycles. The standard InChI is InChI=1S/C22H18ClFN2O5S/c1-26(17-8-3-2-4-9-17)32(29,30)18-10-11-20(23)19(13-18)22(28)31-14-21(27)25-16-7-5-6-15(24)12-16/h2-13H,14H2,1H3,(H,25,27). The maximum Gasteiger partial charge on any atom is 0.340 e. The zero-order valence-electron chi connectivity index (χ0n) is 16.8. The molecule has 0 atom stereocenters. The fourth-order valence-corrected chi connectivity index (χ4v) is 4.15. The summed E-state index contributed by atoms with van der Waals surface area (Å²) in [5.74, 6) is -2.22. The molecule has 0 saturated heterocycles. The lowest BCUT2D eigenvalue weighted by Crippen LogP contribution is -2.27. The fraction of sp³-hybridized carbons (Fsp3) is 0.0909. The van der Waals surface area contributed by atoms with Crippen LogP contribution in [0.25, 0.3) is 0 Å². The molecule has 0 fully saturated rings. The Morgan fingerprint density at radius 2 is 1.75 bits per heavy atom. The maximum atomic E-state index is 13.2. The third-order valence-corrected chi connectivity index (χ3v) is 6.49. The molecule has 0 aliphatic rings. The molecule has 0 saturated carbocycles. The first-order chi connectivity index (χ1) is 15.2. The van der Waals surface area contributed by atoms with Crippen LogP contribution >= 0.6 is 11.6 Å². The predicted octanol–water partition coefficient (Wildman–Crippen LogP) is 4.10. The highest BCUT2D eigenvalue weighted by Gasteiger charge is 2.24. The largest absolute Gasteiger partial charge is 0.452 e. The number of benzene rings is 3. The summed E-state index contributed by atoms with van der Waals surface area (Å²) in [6, 6.07) is 17.2. The van der Waals surface area contributed by atoms with Crippen LogP contribution in [0.15, 0.2) is 77.7 Å². The normalized spacial score (nSPS) is 11.0. The summed E-state index contributed by atoms with van der Waals surface area (Å²) in [6.07, 6.45) is 0. The number of amides is 1. The molecular formula is C22H18ClFN2O5S. The van der Waals surface area contributed by atoms with Gasteiger partial charge in [-0.05, 0) is 48.5 Å². The van der Waals surface area contributed by atoms with Crippen molar-refractivity contribution >= 4 is 44.9 Å². The van der Waals surface area contributed by atoms with Crippen molar-refractivity contribution in [2.75, 3.05) is 23.3 Å². The van der Waals surface area contributed by atoms with Crippen LogP contribution in [0.5, 0.6) is 0 Å². The van der Waals surface area contributed by atoms with E-state index in [4.69, 9.17) is 16.3 Å². The van der Waals surface area contributed by atoms with Gasteiger partial charge in [-0.3, -0.25) is 9.10 Å². The summed E-state index contributed by atoms with van der Waals surface area (Å²) in [4.78, 5) is 24.2. The van der Waals surface area contributed by atoms with Gasteiger partial charge in [-0.1, -0.05) is 35.9 Å². The summed E-state index contributed by atoms with van der Waals surface area (Å²) in [7, 11) is -2.61. The second kappa shape index (κ2) is 9.80. The van der Waals surface area contributed by atoms with Crippen molar-refractivity contribution in [3.63, 3.8) is 0 Å². The fourth-order valence-electron chi connectivity index (χ4n) is 2.73. The molecule has 0 unspecified atom stereocenters. The van der Waals surface area contributed by atoms with Crippen molar-refractivity contribution in [1.82, 2.24) is 0 Å². The van der Waals surface area contributed by atoms with E-state index in [2.05, 4.69) is 5.32 Å². The maximum absolute atomic E-state index is 13.2. The molecule has 10 heteroatoms. The van der Waals surface area contributed by atoms with Gasteiger partial charge >= 0.3 is 5.97 Å². The number of sulfonamides is 1. The lowest BCUT2D eigenvalue weighted by Gasteiger charge is -2.20. The van der Waals surface area contributed by atoms with E-state index in [1.807, 2.05) is 0 Å². The number of halogens is 2. The van der Waals surface area contributed by atoms with Gasteiger partial charge in [0.2, 0.25) is 0 Å². The number of anilines is 2. The van der Waals surface area contributed by atoms with Gasteiger partial charge in [0.25, 0.3) is 15.9 Å². The lowest BCUT2D eigenvalue weighted by atomic mass is 10.2. The first-order valence-corrected chi connectivity index (χ1v) is 11.1. The molecule has 3 rings (SSSR count). The average Bonchev–Trinajstić information content (AvgIpc) is 2.77. The summed E-state index contributed by atoms with van der Waals surface area (Å²) < 4.78 is 45.1. The molecule has 1 amide bonds. The van der Waals surface area contributed by atoms with Crippen LogP contribution in [0.3, 0.4) is 0 Å². The molecule has 0 aliphatic carbocycles. The highest BCUT2D eigenvalue weighted by molar-refractivity contribution is 7.92.